The van der Waals surface area contributed by atoms with Gasteiger partial charge in [-0.1, -0.05) is 19.1 Å². The van der Waals surface area contributed by atoms with Crippen LogP contribution >= 0.6 is 0 Å². The van der Waals surface area contributed by atoms with E-state index in [1.165, 1.54) is 25.7 Å². The number of rotatable bonds is 9. The Morgan fingerprint density at radius 3 is 2.54 bits per heavy atom. The second-order valence-corrected chi connectivity index (χ2v) is 7.30. The summed E-state index contributed by atoms with van der Waals surface area (Å²) in [4.78, 5) is 11.0. The number of ketones is 1. The van der Waals surface area contributed by atoms with Gasteiger partial charge in [0, 0.05) is 6.42 Å². The molecule has 0 unspecified atom stereocenters. The van der Waals surface area contributed by atoms with Crippen molar-refractivity contribution >= 4 is 5.78 Å². The number of carbonyl (C=O) groups excluding carboxylic acids is 1. The lowest BCUT2D eigenvalue weighted by atomic mass is 9.87. The topological polar surface area (TPSA) is 63.1 Å². The number of aliphatic hydroxyl groups excluding tert-OH is 1. The molecule has 0 aliphatic heterocycles. The smallest absolute Gasteiger partial charge is 0.137 e. The summed E-state index contributed by atoms with van der Waals surface area (Å²) >= 11 is 0. The van der Waals surface area contributed by atoms with E-state index in [4.69, 9.17) is 4.74 Å². The first-order valence-corrected chi connectivity index (χ1v) is 9.25. The highest BCUT2D eigenvalue weighted by Crippen LogP contribution is 2.21. The fourth-order valence-corrected chi connectivity index (χ4v) is 3.20. The van der Waals surface area contributed by atoms with Gasteiger partial charge in [-0.3, -0.25) is 0 Å². The van der Waals surface area contributed by atoms with Crippen LogP contribution in [0, 0.1) is 5.92 Å². The number of benzene rings is 1. The quantitative estimate of drug-likeness (QED) is 0.727. The fourth-order valence-electron chi connectivity index (χ4n) is 3.20. The van der Waals surface area contributed by atoms with Crippen LogP contribution in [0.2, 0.25) is 0 Å². The minimum absolute atomic E-state index is 0.210. The number of nitrogens with two attached hydrogens (primary N) is 1. The first-order chi connectivity index (χ1) is 11.5. The van der Waals surface area contributed by atoms with Gasteiger partial charge in [0.1, 0.15) is 30.8 Å². The van der Waals surface area contributed by atoms with Gasteiger partial charge in [-0.15, -0.1) is 0 Å². The molecular formula is C20H32NO3+. The standard InChI is InChI=1S/C20H31NO3/c1-15-3-9-18(10-4-15)21-13-19(23)14-24-20-11-7-17(8-12-20)6-5-16(2)22/h7-8,11-12,15,18-19,21,23H,3-6,9-10,13-14H2,1-2H3/p+1/t15?,18?,19-/m0/s1. The zero-order valence-corrected chi connectivity index (χ0v) is 15.0. The first-order valence-electron chi connectivity index (χ1n) is 9.25. The average Bonchev–Trinajstić information content (AvgIpc) is 2.58. The molecule has 2 rings (SSSR count). The molecule has 1 aliphatic carbocycles. The predicted octanol–water partition coefficient (Wildman–Crippen LogP) is 2.09. The van der Waals surface area contributed by atoms with E-state index in [1.807, 2.05) is 24.3 Å². The summed E-state index contributed by atoms with van der Waals surface area (Å²) in [6.07, 6.45) is 6.05. The number of aryl methyl sites for hydroxylation is 1. The van der Waals surface area contributed by atoms with Crippen LogP contribution in [0.15, 0.2) is 24.3 Å². The molecule has 0 saturated heterocycles. The molecular weight excluding hydrogens is 302 g/mol. The van der Waals surface area contributed by atoms with Crippen LogP contribution in [0.25, 0.3) is 0 Å². The number of hydrogen-bond acceptors (Lipinski definition) is 3. The van der Waals surface area contributed by atoms with Crippen molar-refractivity contribution in [1.82, 2.24) is 0 Å². The maximum Gasteiger partial charge on any atom is 0.137 e. The predicted molar refractivity (Wildman–Crippen MR) is 95.2 cm³/mol. The zero-order chi connectivity index (χ0) is 17.4. The van der Waals surface area contributed by atoms with Crippen LogP contribution in [-0.4, -0.2) is 36.2 Å². The molecule has 1 fully saturated rings. The third kappa shape index (κ3) is 7.02. The summed E-state index contributed by atoms with van der Waals surface area (Å²) < 4.78 is 5.67. The van der Waals surface area contributed by atoms with Crippen LogP contribution in [0.3, 0.4) is 0 Å². The summed E-state index contributed by atoms with van der Waals surface area (Å²) in [5, 5.41) is 12.4. The fraction of sp³-hybridized carbons (Fsp3) is 0.650. The molecule has 1 atom stereocenters. The van der Waals surface area contributed by atoms with E-state index in [2.05, 4.69) is 12.2 Å². The monoisotopic (exact) mass is 334 g/mol. The molecule has 0 radical (unpaired) electrons. The second kappa shape index (κ2) is 9.80. The van der Waals surface area contributed by atoms with Gasteiger partial charge in [0.05, 0.1) is 6.04 Å². The molecule has 0 bridgehead atoms. The Labute approximate surface area is 145 Å². The van der Waals surface area contributed by atoms with E-state index >= 15 is 0 Å². The number of aliphatic hydroxyl groups is 1. The summed E-state index contributed by atoms with van der Waals surface area (Å²) in [5.74, 6) is 1.84. The van der Waals surface area contributed by atoms with Crippen molar-refractivity contribution in [1.29, 1.82) is 0 Å². The molecule has 1 saturated carbocycles. The number of Topliss-reactive ketones (excluding diaryl/α,β-unsaturated/α-hetero) is 1. The van der Waals surface area contributed by atoms with Gasteiger partial charge in [-0.2, -0.15) is 0 Å². The lowest BCUT2D eigenvalue weighted by Crippen LogP contribution is -2.92. The maximum atomic E-state index is 11.0. The van der Waals surface area contributed by atoms with Crippen LogP contribution in [0.4, 0.5) is 0 Å². The van der Waals surface area contributed by atoms with E-state index in [0.717, 1.165) is 23.7 Å². The Balaban J connectivity index is 1.64. The van der Waals surface area contributed by atoms with Gasteiger partial charge in [0.25, 0.3) is 0 Å². The van der Waals surface area contributed by atoms with Crippen molar-refractivity contribution in [3.8, 4) is 5.75 Å². The molecule has 1 aliphatic rings. The van der Waals surface area contributed by atoms with Gasteiger partial charge in [-0.05, 0) is 62.6 Å². The molecule has 0 aromatic heterocycles. The largest absolute Gasteiger partial charge is 0.491 e. The van der Waals surface area contributed by atoms with Crippen LogP contribution < -0.4 is 10.1 Å². The molecule has 0 amide bonds. The maximum absolute atomic E-state index is 11.0. The summed E-state index contributed by atoms with van der Waals surface area (Å²) in [7, 11) is 0. The normalized spacial score (nSPS) is 22.1. The molecule has 1 aromatic rings. The average molecular weight is 334 g/mol. The molecule has 0 spiro atoms. The molecule has 1 aromatic carbocycles. The molecule has 4 nitrogen and oxygen atoms in total. The highest BCUT2D eigenvalue weighted by molar-refractivity contribution is 5.75. The Kier molecular flexibility index (Phi) is 7.73. The minimum Gasteiger partial charge on any atom is -0.491 e. The van der Waals surface area contributed by atoms with Crippen LogP contribution in [-0.2, 0) is 11.2 Å². The molecule has 0 heterocycles. The highest BCUT2D eigenvalue weighted by atomic mass is 16.5. The van der Waals surface area contributed by atoms with E-state index in [9.17, 15) is 9.90 Å². The first kappa shape index (κ1) is 18.9. The van der Waals surface area contributed by atoms with Crippen molar-refractivity contribution in [2.24, 2.45) is 5.92 Å². The Hall–Kier alpha value is -1.39. The van der Waals surface area contributed by atoms with Gasteiger partial charge < -0.3 is 20.0 Å². The molecule has 3 N–H and O–H groups in total. The lowest BCUT2D eigenvalue weighted by Gasteiger charge is -2.25. The van der Waals surface area contributed by atoms with Gasteiger partial charge in [-0.25, -0.2) is 0 Å². The summed E-state index contributed by atoms with van der Waals surface area (Å²) in [6, 6.07) is 8.46. The second-order valence-electron chi connectivity index (χ2n) is 7.30. The number of hydrogen-bond donors (Lipinski definition) is 2. The highest BCUT2D eigenvalue weighted by Gasteiger charge is 2.21. The van der Waals surface area contributed by atoms with Crippen molar-refractivity contribution in [2.75, 3.05) is 13.2 Å². The van der Waals surface area contributed by atoms with Crippen molar-refractivity contribution < 1.29 is 20.0 Å². The third-order valence-corrected chi connectivity index (χ3v) is 4.93. The number of quaternary nitrogens is 1. The molecule has 24 heavy (non-hydrogen) atoms. The van der Waals surface area contributed by atoms with Crippen molar-refractivity contribution in [2.45, 2.75) is 64.5 Å². The van der Waals surface area contributed by atoms with E-state index in [0.29, 0.717) is 25.6 Å². The van der Waals surface area contributed by atoms with Gasteiger partial charge in [0.15, 0.2) is 0 Å². The Morgan fingerprint density at radius 1 is 1.25 bits per heavy atom. The SMILES string of the molecule is CC(=O)CCc1ccc(OC[C@@H](O)C[NH2+]C2CCC(C)CC2)cc1. The van der Waals surface area contributed by atoms with E-state index in [1.54, 1.807) is 6.92 Å². The summed E-state index contributed by atoms with van der Waals surface area (Å²) in [5.41, 5.74) is 1.14. The summed E-state index contributed by atoms with van der Waals surface area (Å²) in [6.45, 7) is 4.97. The molecule has 134 valence electrons. The lowest BCUT2D eigenvalue weighted by molar-refractivity contribution is -0.697. The number of ether oxygens (including phenoxy) is 1. The zero-order valence-electron chi connectivity index (χ0n) is 15.0. The van der Waals surface area contributed by atoms with Gasteiger partial charge >= 0.3 is 0 Å². The molecule has 4 heteroatoms. The Bertz CT molecular complexity index is 492. The van der Waals surface area contributed by atoms with Crippen LogP contribution in [0.5, 0.6) is 5.75 Å². The van der Waals surface area contributed by atoms with Gasteiger partial charge in [0.2, 0.25) is 0 Å². The third-order valence-electron chi connectivity index (χ3n) is 4.93. The number of carbonyl (C=O) groups is 1. The minimum atomic E-state index is -0.443. The Morgan fingerprint density at radius 2 is 1.92 bits per heavy atom. The van der Waals surface area contributed by atoms with E-state index < -0.39 is 6.10 Å². The van der Waals surface area contributed by atoms with E-state index in [-0.39, 0.29) is 5.78 Å². The van der Waals surface area contributed by atoms with Crippen molar-refractivity contribution in [3.05, 3.63) is 29.8 Å². The van der Waals surface area contributed by atoms with Crippen molar-refractivity contribution in [3.63, 3.8) is 0 Å². The van der Waals surface area contributed by atoms with Crippen LogP contribution in [0.1, 0.15) is 51.5 Å².